The van der Waals surface area contributed by atoms with Crippen LogP contribution >= 0.6 is 11.3 Å². The monoisotopic (exact) mass is 252 g/mol. The number of hydrogen-bond donors (Lipinski definition) is 2. The number of thiophene rings is 1. The van der Waals surface area contributed by atoms with E-state index in [1.54, 1.807) is 0 Å². The summed E-state index contributed by atoms with van der Waals surface area (Å²) in [6.07, 6.45) is 0.284. The van der Waals surface area contributed by atoms with Gasteiger partial charge in [0, 0.05) is 6.54 Å². The third-order valence-electron chi connectivity index (χ3n) is 2.19. The molecule has 2 aromatic heterocycles. The summed E-state index contributed by atoms with van der Waals surface area (Å²) in [7, 11) is 1.36. The van der Waals surface area contributed by atoms with Gasteiger partial charge in [0.05, 0.1) is 18.9 Å². The topological polar surface area (TPSA) is 90.1 Å². The zero-order chi connectivity index (χ0) is 12.3. The third-order valence-corrected chi connectivity index (χ3v) is 3.00. The SMILES string of the molecule is COC(=O)CCNc1nc(N)nc2sccc12. The molecule has 2 rings (SSSR count). The van der Waals surface area contributed by atoms with Crippen molar-refractivity contribution in [1.29, 1.82) is 0 Å². The number of carbonyl (C=O) groups is 1. The molecule has 0 aliphatic rings. The first-order valence-corrected chi connectivity index (χ1v) is 5.90. The first-order chi connectivity index (χ1) is 8.20. The quantitative estimate of drug-likeness (QED) is 0.796. The lowest BCUT2D eigenvalue weighted by atomic mass is 10.3. The molecule has 0 saturated heterocycles. The van der Waals surface area contributed by atoms with Crippen LogP contribution in [0, 0.1) is 0 Å². The number of nitrogen functional groups attached to an aromatic ring is 1. The van der Waals surface area contributed by atoms with E-state index >= 15 is 0 Å². The summed E-state index contributed by atoms with van der Waals surface area (Å²) in [5, 5.41) is 5.89. The van der Waals surface area contributed by atoms with Crippen LogP contribution in [-0.4, -0.2) is 29.6 Å². The van der Waals surface area contributed by atoms with E-state index in [2.05, 4.69) is 20.0 Å². The van der Waals surface area contributed by atoms with Gasteiger partial charge in [-0.1, -0.05) is 0 Å². The molecule has 6 nitrogen and oxygen atoms in total. The van der Waals surface area contributed by atoms with Crippen molar-refractivity contribution in [3.05, 3.63) is 11.4 Å². The second-order valence-electron chi connectivity index (χ2n) is 3.32. The zero-order valence-electron chi connectivity index (χ0n) is 9.27. The van der Waals surface area contributed by atoms with E-state index < -0.39 is 0 Å². The fourth-order valence-corrected chi connectivity index (χ4v) is 2.16. The average molecular weight is 252 g/mol. The number of carbonyl (C=O) groups excluding carboxylic acids is 1. The van der Waals surface area contributed by atoms with Crippen molar-refractivity contribution < 1.29 is 9.53 Å². The Morgan fingerprint density at radius 1 is 1.59 bits per heavy atom. The van der Waals surface area contributed by atoms with Gasteiger partial charge in [0.1, 0.15) is 10.6 Å². The molecule has 90 valence electrons. The second kappa shape index (κ2) is 4.96. The van der Waals surface area contributed by atoms with Gasteiger partial charge in [-0.05, 0) is 11.4 Å². The summed E-state index contributed by atoms with van der Waals surface area (Å²) < 4.78 is 4.55. The Labute approximate surface area is 102 Å². The van der Waals surface area contributed by atoms with Crippen molar-refractivity contribution in [3.63, 3.8) is 0 Å². The van der Waals surface area contributed by atoms with E-state index in [0.29, 0.717) is 12.4 Å². The zero-order valence-corrected chi connectivity index (χ0v) is 10.1. The predicted octanol–water partition coefficient (Wildman–Crippen LogP) is 1.25. The van der Waals surface area contributed by atoms with E-state index in [1.165, 1.54) is 18.4 Å². The van der Waals surface area contributed by atoms with Crippen molar-refractivity contribution in [2.24, 2.45) is 0 Å². The number of esters is 1. The molecular formula is C10H12N4O2S. The van der Waals surface area contributed by atoms with Crippen molar-refractivity contribution in [2.45, 2.75) is 6.42 Å². The number of anilines is 2. The first kappa shape index (κ1) is 11.6. The van der Waals surface area contributed by atoms with E-state index in [0.717, 1.165) is 10.2 Å². The minimum absolute atomic E-state index is 0.223. The molecule has 0 radical (unpaired) electrons. The van der Waals surface area contributed by atoms with Crippen molar-refractivity contribution in [1.82, 2.24) is 9.97 Å². The molecule has 0 saturated carbocycles. The lowest BCUT2D eigenvalue weighted by molar-refractivity contribution is -0.140. The molecule has 0 amide bonds. The molecule has 0 aliphatic carbocycles. The van der Waals surface area contributed by atoms with E-state index in [-0.39, 0.29) is 18.3 Å². The number of fused-ring (bicyclic) bond motifs is 1. The minimum atomic E-state index is -0.263. The van der Waals surface area contributed by atoms with E-state index in [4.69, 9.17) is 5.73 Å². The van der Waals surface area contributed by atoms with Crippen molar-refractivity contribution >= 4 is 39.3 Å². The summed E-state index contributed by atoms with van der Waals surface area (Å²) >= 11 is 1.50. The average Bonchev–Trinajstić information content (AvgIpc) is 2.76. The van der Waals surface area contributed by atoms with Crippen LogP contribution in [0.4, 0.5) is 11.8 Å². The molecule has 0 unspecified atom stereocenters. The first-order valence-electron chi connectivity index (χ1n) is 5.02. The molecule has 0 atom stereocenters. The van der Waals surface area contributed by atoms with Crippen LogP contribution in [0.5, 0.6) is 0 Å². The third kappa shape index (κ3) is 2.62. The Morgan fingerprint density at radius 2 is 2.41 bits per heavy atom. The number of nitrogens with two attached hydrogens (primary N) is 1. The summed E-state index contributed by atoms with van der Waals surface area (Å²) in [5.41, 5.74) is 5.59. The van der Waals surface area contributed by atoms with Gasteiger partial charge < -0.3 is 15.8 Å². The molecule has 0 spiro atoms. The highest BCUT2D eigenvalue weighted by atomic mass is 32.1. The maximum atomic E-state index is 11.0. The normalized spacial score (nSPS) is 10.4. The molecule has 0 aromatic carbocycles. The molecule has 0 aliphatic heterocycles. The number of hydrogen-bond acceptors (Lipinski definition) is 7. The fourth-order valence-electron chi connectivity index (χ4n) is 1.39. The maximum absolute atomic E-state index is 11.0. The largest absolute Gasteiger partial charge is 0.469 e. The highest BCUT2D eigenvalue weighted by Gasteiger charge is 2.07. The van der Waals surface area contributed by atoms with Crippen LogP contribution in [0.15, 0.2) is 11.4 Å². The van der Waals surface area contributed by atoms with Crippen LogP contribution in [0.3, 0.4) is 0 Å². The summed E-state index contributed by atoms with van der Waals surface area (Å²) in [5.74, 6) is 0.610. The Bertz CT molecular complexity index is 540. The molecule has 0 fully saturated rings. The van der Waals surface area contributed by atoms with Gasteiger partial charge in [-0.25, -0.2) is 4.98 Å². The van der Waals surface area contributed by atoms with Gasteiger partial charge in [-0.3, -0.25) is 4.79 Å². The number of aromatic nitrogens is 2. The highest BCUT2D eigenvalue weighted by Crippen LogP contribution is 2.25. The lowest BCUT2D eigenvalue weighted by Crippen LogP contribution is -2.11. The summed E-state index contributed by atoms with van der Waals surface area (Å²) in [6.45, 7) is 0.452. The Kier molecular flexibility index (Phi) is 3.38. The molecular weight excluding hydrogens is 240 g/mol. The van der Waals surface area contributed by atoms with Gasteiger partial charge in [0.15, 0.2) is 0 Å². The van der Waals surface area contributed by atoms with E-state index in [9.17, 15) is 4.79 Å². The number of methoxy groups -OCH3 is 1. The molecule has 7 heteroatoms. The predicted molar refractivity (Wildman–Crippen MR) is 67.0 cm³/mol. The molecule has 0 bridgehead atoms. The van der Waals surface area contributed by atoms with Crippen LogP contribution < -0.4 is 11.1 Å². The minimum Gasteiger partial charge on any atom is -0.469 e. The molecule has 2 heterocycles. The Hall–Kier alpha value is -1.89. The van der Waals surface area contributed by atoms with E-state index in [1.807, 2.05) is 11.4 Å². The van der Waals surface area contributed by atoms with Gasteiger partial charge in [0.25, 0.3) is 0 Å². The Morgan fingerprint density at radius 3 is 3.18 bits per heavy atom. The second-order valence-corrected chi connectivity index (χ2v) is 4.22. The van der Waals surface area contributed by atoms with Crippen LogP contribution in [0.2, 0.25) is 0 Å². The number of rotatable bonds is 4. The van der Waals surface area contributed by atoms with Crippen LogP contribution in [0.1, 0.15) is 6.42 Å². The van der Waals surface area contributed by atoms with Crippen molar-refractivity contribution in [3.8, 4) is 0 Å². The molecule has 3 N–H and O–H groups in total. The molecule has 2 aromatic rings. The Balaban J connectivity index is 2.12. The summed E-state index contributed by atoms with van der Waals surface area (Å²) in [4.78, 5) is 20.0. The molecule has 17 heavy (non-hydrogen) atoms. The number of nitrogens with one attached hydrogen (secondary N) is 1. The van der Waals surface area contributed by atoms with Crippen LogP contribution in [0.25, 0.3) is 10.2 Å². The fraction of sp³-hybridized carbons (Fsp3) is 0.300. The standard InChI is InChI=1S/C10H12N4O2S/c1-16-7(15)2-4-12-8-6-3-5-17-9(6)14-10(11)13-8/h3,5H,2,4H2,1H3,(H3,11,12,13,14). The maximum Gasteiger partial charge on any atom is 0.307 e. The van der Waals surface area contributed by atoms with Gasteiger partial charge in [-0.2, -0.15) is 4.98 Å². The van der Waals surface area contributed by atoms with Gasteiger partial charge in [-0.15, -0.1) is 11.3 Å². The van der Waals surface area contributed by atoms with Crippen molar-refractivity contribution in [2.75, 3.05) is 24.7 Å². The van der Waals surface area contributed by atoms with Gasteiger partial charge >= 0.3 is 5.97 Å². The van der Waals surface area contributed by atoms with Gasteiger partial charge in [0.2, 0.25) is 5.95 Å². The number of ether oxygens (including phenoxy) is 1. The lowest BCUT2D eigenvalue weighted by Gasteiger charge is -2.06. The highest BCUT2D eigenvalue weighted by molar-refractivity contribution is 7.16. The number of nitrogens with zero attached hydrogens (tertiary/aromatic N) is 2. The summed E-state index contributed by atoms with van der Waals surface area (Å²) in [6, 6.07) is 1.92. The van der Waals surface area contributed by atoms with Crippen LogP contribution in [-0.2, 0) is 9.53 Å². The smallest absolute Gasteiger partial charge is 0.307 e.